The summed E-state index contributed by atoms with van der Waals surface area (Å²) in [6.45, 7) is 2.14. The van der Waals surface area contributed by atoms with Gasteiger partial charge in [-0.3, -0.25) is 0 Å². The summed E-state index contributed by atoms with van der Waals surface area (Å²) >= 11 is 0. The molecule has 0 radical (unpaired) electrons. The Morgan fingerprint density at radius 1 is 1.25 bits per heavy atom. The number of aliphatic carboxylic acids is 1. The van der Waals surface area contributed by atoms with Gasteiger partial charge in [-0.25, -0.2) is 4.79 Å². The van der Waals surface area contributed by atoms with Crippen molar-refractivity contribution >= 4 is 11.5 Å². The van der Waals surface area contributed by atoms with E-state index in [-0.39, 0.29) is 0 Å². The Balaban J connectivity index is 2.72. The molecule has 2 heteroatoms. The lowest BCUT2D eigenvalue weighted by molar-refractivity contribution is -0.130. The second-order valence-electron chi connectivity index (χ2n) is 3.78. The van der Waals surface area contributed by atoms with Crippen LogP contribution in [0.15, 0.2) is 36.4 Å². The van der Waals surface area contributed by atoms with Crippen molar-refractivity contribution in [3.8, 4) is 0 Å². The molecule has 0 amide bonds. The molecule has 0 saturated carbocycles. The predicted octanol–water partition coefficient (Wildman–Crippen LogP) is 3.73. The lowest BCUT2D eigenvalue weighted by Crippen LogP contribution is -1.99. The van der Waals surface area contributed by atoms with E-state index in [0.29, 0.717) is 5.57 Å². The molecule has 16 heavy (non-hydrogen) atoms. The van der Waals surface area contributed by atoms with E-state index in [1.165, 1.54) is 0 Å². The molecular formula is C14H18O2. The molecule has 0 aliphatic heterocycles. The smallest absolute Gasteiger partial charge is 0.335 e. The summed E-state index contributed by atoms with van der Waals surface area (Å²) in [5.74, 6) is -0.845. The lowest BCUT2D eigenvalue weighted by Gasteiger charge is -2.02. The van der Waals surface area contributed by atoms with Gasteiger partial charge in [-0.05, 0) is 18.4 Å². The van der Waals surface area contributed by atoms with Crippen LogP contribution in [0.5, 0.6) is 0 Å². The third-order valence-corrected chi connectivity index (χ3v) is 2.47. The maximum Gasteiger partial charge on any atom is 0.335 e. The summed E-state index contributed by atoms with van der Waals surface area (Å²) < 4.78 is 0. The van der Waals surface area contributed by atoms with Crippen LogP contribution >= 0.6 is 0 Å². The fraction of sp³-hybridized carbons (Fsp3) is 0.357. The third-order valence-electron chi connectivity index (χ3n) is 2.47. The number of carboxylic acid groups (broad SMARTS) is 1. The van der Waals surface area contributed by atoms with Crippen LogP contribution in [0, 0.1) is 0 Å². The van der Waals surface area contributed by atoms with E-state index in [2.05, 4.69) is 6.92 Å². The first-order valence-corrected chi connectivity index (χ1v) is 5.74. The minimum atomic E-state index is -0.845. The van der Waals surface area contributed by atoms with Crippen molar-refractivity contribution in [2.45, 2.75) is 32.6 Å². The van der Waals surface area contributed by atoms with E-state index < -0.39 is 5.97 Å². The minimum absolute atomic E-state index is 0.414. The Kier molecular flexibility index (Phi) is 5.34. The zero-order valence-electron chi connectivity index (χ0n) is 9.65. The maximum absolute atomic E-state index is 11.1. The molecule has 0 aliphatic rings. The van der Waals surface area contributed by atoms with Crippen LogP contribution in [0.2, 0.25) is 0 Å². The first-order chi connectivity index (χ1) is 7.75. The normalized spacial score (nSPS) is 11.4. The van der Waals surface area contributed by atoms with E-state index in [4.69, 9.17) is 5.11 Å². The average molecular weight is 218 g/mol. The van der Waals surface area contributed by atoms with Crippen LogP contribution in [0.4, 0.5) is 0 Å². The highest BCUT2D eigenvalue weighted by atomic mass is 16.4. The van der Waals surface area contributed by atoms with Crippen LogP contribution in [0.3, 0.4) is 0 Å². The molecule has 86 valence electrons. The fourth-order valence-corrected chi connectivity index (χ4v) is 1.59. The lowest BCUT2D eigenvalue weighted by atomic mass is 10.0. The van der Waals surface area contributed by atoms with Crippen LogP contribution in [-0.2, 0) is 4.79 Å². The van der Waals surface area contributed by atoms with Gasteiger partial charge in [-0.2, -0.15) is 0 Å². The largest absolute Gasteiger partial charge is 0.478 e. The third kappa shape index (κ3) is 3.89. The highest BCUT2D eigenvalue weighted by Crippen LogP contribution is 2.16. The average Bonchev–Trinajstić information content (AvgIpc) is 2.30. The Labute approximate surface area is 96.6 Å². The molecule has 1 aromatic rings. The summed E-state index contributed by atoms with van der Waals surface area (Å²) in [7, 11) is 0. The van der Waals surface area contributed by atoms with Gasteiger partial charge in [0.05, 0.1) is 5.57 Å². The zero-order chi connectivity index (χ0) is 11.8. The summed E-state index contributed by atoms with van der Waals surface area (Å²) in [6, 6.07) is 9.27. The Hall–Kier alpha value is -1.57. The molecule has 0 aromatic heterocycles. The van der Waals surface area contributed by atoms with Crippen molar-refractivity contribution in [1.29, 1.82) is 0 Å². The molecule has 1 rings (SSSR count). The van der Waals surface area contributed by atoms with E-state index in [9.17, 15) is 4.79 Å². The van der Waals surface area contributed by atoms with Gasteiger partial charge in [0.15, 0.2) is 0 Å². The van der Waals surface area contributed by atoms with Crippen molar-refractivity contribution < 1.29 is 9.90 Å². The molecule has 0 aliphatic carbocycles. The molecule has 0 heterocycles. The molecule has 0 bridgehead atoms. The second kappa shape index (κ2) is 6.83. The van der Waals surface area contributed by atoms with Gasteiger partial charge in [-0.1, -0.05) is 56.2 Å². The van der Waals surface area contributed by atoms with E-state index in [1.807, 2.05) is 36.4 Å². The first kappa shape index (κ1) is 12.5. The van der Waals surface area contributed by atoms with Crippen molar-refractivity contribution in [2.75, 3.05) is 0 Å². The molecule has 0 fully saturated rings. The van der Waals surface area contributed by atoms with Crippen LogP contribution in [0.25, 0.3) is 5.57 Å². The van der Waals surface area contributed by atoms with Gasteiger partial charge >= 0.3 is 5.97 Å². The van der Waals surface area contributed by atoms with Crippen molar-refractivity contribution in [3.05, 3.63) is 42.0 Å². The predicted molar refractivity (Wildman–Crippen MR) is 66.2 cm³/mol. The Morgan fingerprint density at radius 3 is 2.50 bits per heavy atom. The van der Waals surface area contributed by atoms with Gasteiger partial charge in [-0.15, -0.1) is 0 Å². The van der Waals surface area contributed by atoms with E-state index >= 15 is 0 Å². The van der Waals surface area contributed by atoms with Crippen LogP contribution in [-0.4, -0.2) is 11.1 Å². The zero-order valence-corrected chi connectivity index (χ0v) is 9.65. The highest BCUT2D eigenvalue weighted by Gasteiger charge is 2.08. The number of hydrogen-bond donors (Lipinski definition) is 1. The standard InChI is InChI=1S/C14H18O2/c1-2-3-4-8-11-13(14(15)16)12-9-6-5-7-10-12/h5-7,9-11H,2-4,8H2,1H3,(H,15,16). The number of hydrogen-bond acceptors (Lipinski definition) is 1. The van der Waals surface area contributed by atoms with Crippen molar-refractivity contribution in [1.82, 2.24) is 0 Å². The maximum atomic E-state index is 11.1. The SMILES string of the molecule is CCCCCC=C(C(=O)O)c1ccccc1. The second-order valence-corrected chi connectivity index (χ2v) is 3.78. The number of benzene rings is 1. The molecule has 0 spiro atoms. The topological polar surface area (TPSA) is 37.3 Å². The first-order valence-electron chi connectivity index (χ1n) is 5.74. The van der Waals surface area contributed by atoms with Gasteiger partial charge in [0, 0.05) is 0 Å². The Bertz CT molecular complexity index is 352. The fourth-order valence-electron chi connectivity index (χ4n) is 1.59. The molecule has 0 atom stereocenters. The number of carboxylic acids is 1. The van der Waals surface area contributed by atoms with Crippen LogP contribution in [0.1, 0.15) is 38.2 Å². The minimum Gasteiger partial charge on any atom is -0.478 e. The molecule has 2 nitrogen and oxygen atoms in total. The molecule has 1 aromatic carbocycles. The quantitative estimate of drug-likeness (QED) is 0.583. The number of rotatable bonds is 6. The van der Waals surface area contributed by atoms with Gasteiger partial charge in [0.2, 0.25) is 0 Å². The summed E-state index contributed by atoms with van der Waals surface area (Å²) in [5.41, 5.74) is 1.20. The summed E-state index contributed by atoms with van der Waals surface area (Å²) in [5, 5.41) is 9.11. The van der Waals surface area contributed by atoms with Gasteiger partial charge < -0.3 is 5.11 Å². The van der Waals surface area contributed by atoms with Crippen LogP contribution < -0.4 is 0 Å². The van der Waals surface area contributed by atoms with Crippen molar-refractivity contribution in [2.24, 2.45) is 0 Å². The summed E-state index contributed by atoms with van der Waals surface area (Å²) in [4.78, 5) is 11.1. The van der Waals surface area contributed by atoms with E-state index in [0.717, 1.165) is 31.2 Å². The molecule has 0 saturated heterocycles. The number of carbonyl (C=O) groups is 1. The number of unbranched alkanes of at least 4 members (excludes halogenated alkanes) is 3. The summed E-state index contributed by atoms with van der Waals surface area (Å²) in [6.07, 6.45) is 6.03. The van der Waals surface area contributed by atoms with Gasteiger partial charge in [0.1, 0.15) is 0 Å². The van der Waals surface area contributed by atoms with Crippen molar-refractivity contribution in [3.63, 3.8) is 0 Å². The van der Waals surface area contributed by atoms with Gasteiger partial charge in [0.25, 0.3) is 0 Å². The number of allylic oxidation sites excluding steroid dienone is 1. The monoisotopic (exact) mass is 218 g/mol. The Morgan fingerprint density at radius 2 is 1.94 bits per heavy atom. The molecule has 0 unspecified atom stereocenters. The van der Waals surface area contributed by atoms with E-state index in [1.54, 1.807) is 0 Å². The molecular weight excluding hydrogens is 200 g/mol. The highest BCUT2D eigenvalue weighted by molar-refractivity contribution is 6.15. The molecule has 1 N–H and O–H groups in total.